The maximum absolute atomic E-state index is 6.00. The topological polar surface area (TPSA) is 56.7 Å². The second-order valence-electron chi connectivity index (χ2n) is 5.66. The van der Waals surface area contributed by atoms with Crippen LogP contribution in [0.4, 0.5) is 0 Å². The largest absolute Gasteiger partial charge is 0.328 e. The first kappa shape index (κ1) is 11.2. The van der Waals surface area contributed by atoms with Crippen molar-refractivity contribution in [3.05, 3.63) is 12.2 Å². The Kier molecular flexibility index (Phi) is 3.14. The molecule has 94 valence electrons. The highest BCUT2D eigenvalue weighted by Gasteiger charge is 2.29. The van der Waals surface area contributed by atoms with Crippen LogP contribution in [0, 0.1) is 0 Å². The standard InChI is InChI=1S/C13H22N4/c14-11-7-6-10(8-11)13-16-15-9-17(13)12-4-2-1-3-5-12/h9-12H,1-8,14H2/t10-,11+/m1/s1. The van der Waals surface area contributed by atoms with Gasteiger partial charge in [-0.3, -0.25) is 0 Å². The van der Waals surface area contributed by atoms with Crippen LogP contribution < -0.4 is 5.73 Å². The fourth-order valence-electron chi connectivity index (χ4n) is 3.44. The van der Waals surface area contributed by atoms with Gasteiger partial charge in [-0.25, -0.2) is 0 Å². The highest BCUT2D eigenvalue weighted by molar-refractivity contribution is 5.03. The molecule has 0 aliphatic heterocycles. The zero-order valence-electron chi connectivity index (χ0n) is 10.4. The van der Waals surface area contributed by atoms with Gasteiger partial charge in [0.2, 0.25) is 0 Å². The molecule has 0 aromatic carbocycles. The predicted octanol–water partition coefficient (Wildman–Crippen LogP) is 2.38. The van der Waals surface area contributed by atoms with E-state index in [-0.39, 0.29) is 0 Å². The van der Waals surface area contributed by atoms with Crippen LogP contribution in [0.15, 0.2) is 6.33 Å². The van der Waals surface area contributed by atoms with E-state index in [1.54, 1.807) is 0 Å². The average Bonchev–Trinajstić information content (AvgIpc) is 2.98. The fraction of sp³-hybridized carbons (Fsp3) is 0.846. The Hall–Kier alpha value is -0.900. The maximum atomic E-state index is 6.00. The third-order valence-electron chi connectivity index (χ3n) is 4.41. The molecule has 1 aromatic heterocycles. The Morgan fingerprint density at radius 1 is 1.12 bits per heavy atom. The van der Waals surface area contributed by atoms with Crippen molar-refractivity contribution in [3.63, 3.8) is 0 Å². The van der Waals surface area contributed by atoms with Gasteiger partial charge in [-0.1, -0.05) is 19.3 Å². The van der Waals surface area contributed by atoms with Crippen molar-refractivity contribution in [2.75, 3.05) is 0 Å². The summed E-state index contributed by atoms with van der Waals surface area (Å²) >= 11 is 0. The van der Waals surface area contributed by atoms with E-state index in [0.29, 0.717) is 18.0 Å². The van der Waals surface area contributed by atoms with E-state index in [0.717, 1.165) is 12.8 Å². The monoisotopic (exact) mass is 234 g/mol. The van der Waals surface area contributed by atoms with Crippen molar-refractivity contribution >= 4 is 0 Å². The molecule has 4 nitrogen and oxygen atoms in total. The molecular weight excluding hydrogens is 212 g/mol. The number of nitrogens with two attached hydrogens (primary N) is 1. The van der Waals surface area contributed by atoms with Gasteiger partial charge in [0, 0.05) is 18.0 Å². The number of hydrogen-bond acceptors (Lipinski definition) is 3. The molecule has 0 bridgehead atoms. The molecule has 2 aliphatic carbocycles. The van der Waals surface area contributed by atoms with Crippen LogP contribution in [0.3, 0.4) is 0 Å². The van der Waals surface area contributed by atoms with Gasteiger partial charge in [0.1, 0.15) is 12.2 Å². The third-order valence-corrected chi connectivity index (χ3v) is 4.41. The summed E-state index contributed by atoms with van der Waals surface area (Å²) in [6.45, 7) is 0. The van der Waals surface area contributed by atoms with E-state index in [1.807, 2.05) is 6.33 Å². The van der Waals surface area contributed by atoms with E-state index in [4.69, 9.17) is 5.73 Å². The molecule has 0 radical (unpaired) electrons. The molecule has 0 spiro atoms. The average molecular weight is 234 g/mol. The molecule has 4 heteroatoms. The van der Waals surface area contributed by atoms with Gasteiger partial charge in [-0.2, -0.15) is 0 Å². The Labute approximate surface area is 103 Å². The van der Waals surface area contributed by atoms with Crippen LogP contribution in [-0.2, 0) is 0 Å². The lowest BCUT2D eigenvalue weighted by Gasteiger charge is -2.25. The molecule has 3 rings (SSSR count). The molecule has 0 saturated heterocycles. The predicted molar refractivity (Wildman–Crippen MR) is 66.7 cm³/mol. The van der Waals surface area contributed by atoms with Crippen LogP contribution in [0.5, 0.6) is 0 Å². The van der Waals surface area contributed by atoms with E-state index < -0.39 is 0 Å². The summed E-state index contributed by atoms with van der Waals surface area (Å²) in [7, 11) is 0. The number of hydrogen-bond donors (Lipinski definition) is 1. The van der Waals surface area contributed by atoms with E-state index in [2.05, 4.69) is 14.8 Å². The van der Waals surface area contributed by atoms with Gasteiger partial charge in [0.05, 0.1) is 0 Å². The number of aromatic nitrogens is 3. The molecule has 2 N–H and O–H groups in total. The molecule has 0 amide bonds. The molecule has 1 aromatic rings. The van der Waals surface area contributed by atoms with Gasteiger partial charge < -0.3 is 10.3 Å². The molecule has 2 saturated carbocycles. The smallest absolute Gasteiger partial charge is 0.136 e. The van der Waals surface area contributed by atoms with E-state index >= 15 is 0 Å². The molecule has 17 heavy (non-hydrogen) atoms. The normalized spacial score (nSPS) is 30.9. The van der Waals surface area contributed by atoms with E-state index in [1.165, 1.54) is 44.3 Å². The minimum absolute atomic E-state index is 0.372. The highest BCUT2D eigenvalue weighted by atomic mass is 15.3. The first-order valence-corrected chi connectivity index (χ1v) is 6.99. The summed E-state index contributed by atoms with van der Waals surface area (Å²) in [5.41, 5.74) is 6.00. The van der Waals surface area contributed by atoms with Gasteiger partial charge in [-0.05, 0) is 32.1 Å². The van der Waals surface area contributed by atoms with Crippen LogP contribution in [0.25, 0.3) is 0 Å². The van der Waals surface area contributed by atoms with Crippen molar-refractivity contribution in [2.24, 2.45) is 5.73 Å². The Morgan fingerprint density at radius 2 is 1.94 bits per heavy atom. The molecule has 2 atom stereocenters. The van der Waals surface area contributed by atoms with Crippen LogP contribution in [0.1, 0.15) is 69.2 Å². The van der Waals surface area contributed by atoms with Crippen molar-refractivity contribution in [3.8, 4) is 0 Å². The summed E-state index contributed by atoms with van der Waals surface area (Å²) in [4.78, 5) is 0. The number of nitrogens with zero attached hydrogens (tertiary/aromatic N) is 3. The molecule has 0 unspecified atom stereocenters. The first-order valence-electron chi connectivity index (χ1n) is 6.99. The van der Waals surface area contributed by atoms with Gasteiger partial charge in [0.15, 0.2) is 0 Å². The summed E-state index contributed by atoms with van der Waals surface area (Å²) < 4.78 is 2.35. The van der Waals surface area contributed by atoms with Crippen LogP contribution in [0.2, 0.25) is 0 Å². The molecule has 2 aliphatic rings. The first-order chi connectivity index (χ1) is 8.34. The summed E-state index contributed by atoms with van der Waals surface area (Å²) in [5.74, 6) is 1.75. The second-order valence-corrected chi connectivity index (χ2v) is 5.66. The number of rotatable bonds is 2. The van der Waals surface area contributed by atoms with Crippen LogP contribution in [-0.4, -0.2) is 20.8 Å². The second kappa shape index (κ2) is 4.77. The SMILES string of the molecule is N[C@H]1CC[C@@H](c2nncn2C2CCCCC2)C1. The Bertz CT molecular complexity index is 348. The maximum Gasteiger partial charge on any atom is 0.136 e. The van der Waals surface area contributed by atoms with Crippen molar-refractivity contribution in [1.82, 2.24) is 14.8 Å². The fourth-order valence-corrected chi connectivity index (χ4v) is 3.44. The van der Waals surface area contributed by atoms with Gasteiger partial charge in [0.25, 0.3) is 0 Å². The zero-order valence-corrected chi connectivity index (χ0v) is 10.4. The zero-order chi connectivity index (χ0) is 11.7. The Morgan fingerprint density at radius 3 is 2.65 bits per heavy atom. The van der Waals surface area contributed by atoms with E-state index in [9.17, 15) is 0 Å². The van der Waals surface area contributed by atoms with Gasteiger partial charge in [-0.15, -0.1) is 10.2 Å². The van der Waals surface area contributed by atoms with Crippen LogP contribution >= 0.6 is 0 Å². The van der Waals surface area contributed by atoms with Crippen molar-refractivity contribution < 1.29 is 0 Å². The summed E-state index contributed by atoms with van der Waals surface area (Å²) in [6.07, 6.45) is 12.0. The molecular formula is C13H22N4. The quantitative estimate of drug-likeness (QED) is 0.854. The van der Waals surface area contributed by atoms with Gasteiger partial charge >= 0.3 is 0 Å². The lowest BCUT2D eigenvalue weighted by Crippen LogP contribution is -2.18. The third kappa shape index (κ3) is 2.23. The minimum atomic E-state index is 0.372. The molecule has 2 fully saturated rings. The lowest BCUT2D eigenvalue weighted by molar-refractivity contribution is 0.339. The molecule has 1 heterocycles. The highest BCUT2D eigenvalue weighted by Crippen LogP contribution is 2.36. The minimum Gasteiger partial charge on any atom is -0.328 e. The van der Waals surface area contributed by atoms with Crippen molar-refractivity contribution in [2.45, 2.75) is 69.4 Å². The Balaban J connectivity index is 1.78. The lowest BCUT2D eigenvalue weighted by atomic mass is 9.94. The summed E-state index contributed by atoms with van der Waals surface area (Å²) in [6, 6.07) is 1.02. The summed E-state index contributed by atoms with van der Waals surface area (Å²) in [5, 5.41) is 8.50. The van der Waals surface area contributed by atoms with Crippen molar-refractivity contribution in [1.29, 1.82) is 0 Å².